The van der Waals surface area contributed by atoms with Crippen LogP contribution >= 0.6 is 33.9 Å². The summed E-state index contributed by atoms with van der Waals surface area (Å²) < 4.78 is 12.4. The van der Waals surface area contributed by atoms with Gasteiger partial charge in [-0.3, -0.25) is 10.1 Å². The van der Waals surface area contributed by atoms with Gasteiger partial charge in [-0.25, -0.2) is 4.98 Å². The van der Waals surface area contributed by atoms with E-state index in [-0.39, 0.29) is 5.91 Å². The number of hydrogen-bond acceptors (Lipinski definition) is 5. The fourth-order valence-electron chi connectivity index (χ4n) is 2.12. The van der Waals surface area contributed by atoms with Gasteiger partial charge in [-0.05, 0) is 34.7 Å². The van der Waals surface area contributed by atoms with Gasteiger partial charge in [0.25, 0.3) is 5.91 Å². The predicted octanol–water partition coefficient (Wildman–Crippen LogP) is 4.17. The number of nitrogens with zero attached hydrogens (tertiary/aromatic N) is 1. The molecule has 2 aromatic carbocycles. The maximum absolute atomic E-state index is 12.4. The first kappa shape index (κ1) is 16.0. The van der Waals surface area contributed by atoms with Gasteiger partial charge in [0, 0.05) is 15.7 Å². The van der Waals surface area contributed by atoms with E-state index < -0.39 is 0 Å². The van der Waals surface area contributed by atoms with E-state index in [0.717, 1.165) is 13.8 Å². The van der Waals surface area contributed by atoms with Crippen LogP contribution in [0, 0.1) is 3.57 Å². The summed E-state index contributed by atoms with van der Waals surface area (Å²) in [7, 11) is 3.17. The van der Waals surface area contributed by atoms with Crippen molar-refractivity contribution in [1.82, 2.24) is 4.98 Å². The van der Waals surface area contributed by atoms with Crippen molar-refractivity contribution in [2.75, 3.05) is 19.5 Å². The molecule has 3 rings (SSSR count). The monoisotopic (exact) mass is 440 g/mol. The number of anilines is 1. The fourth-order valence-corrected chi connectivity index (χ4v) is 3.62. The maximum Gasteiger partial charge on any atom is 0.258 e. The van der Waals surface area contributed by atoms with Gasteiger partial charge in [0.2, 0.25) is 0 Å². The third kappa shape index (κ3) is 3.25. The minimum Gasteiger partial charge on any atom is -0.493 e. The summed E-state index contributed by atoms with van der Waals surface area (Å²) in [5.74, 6) is 1.08. The molecule has 5 nitrogen and oxygen atoms in total. The first-order chi connectivity index (χ1) is 11.1. The van der Waals surface area contributed by atoms with Gasteiger partial charge in [0.15, 0.2) is 16.6 Å². The summed E-state index contributed by atoms with van der Waals surface area (Å²) in [6.45, 7) is 0. The highest BCUT2D eigenvalue weighted by atomic mass is 127. The number of aromatic nitrogens is 1. The Morgan fingerprint density at radius 3 is 2.57 bits per heavy atom. The lowest BCUT2D eigenvalue weighted by atomic mass is 10.2. The second-order valence-corrected chi connectivity index (χ2v) is 6.82. The smallest absolute Gasteiger partial charge is 0.258 e. The molecule has 0 saturated heterocycles. The van der Waals surface area contributed by atoms with Crippen LogP contribution in [0.15, 0.2) is 36.4 Å². The maximum atomic E-state index is 12.4. The van der Waals surface area contributed by atoms with Crippen LogP contribution in [0.5, 0.6) is 11.5 Å². The van der Waals surface area contributed by atoms with Gasteiger partial charge in [-0.1, -0.05) is 23.5 Å². The summed E-state index contributed by atoms with van der Waals surface area (Å²) in [5.41, 5.74) is 1.38. The molecular weight excluding hydrogens is 427 g/mol. The Balaban J connectivity index is 1.92. The molecule has 1 amide bonds. The van der Waals surface area contributed by atoms with Gasteiger partial charge in [0.1, 0.15) is 0 Å². The van der Waals surface area contributed by atoms with Gasteiger partial charge in [-0.15, -0.1) is 0 Å². The summed E-state index contributed by atoms with van der Waals surface area (Å²) in [5, 5.41) is 3.39. The Hall–Kier alpha value is -1.87. The number of methoxy groups -OCH3 is 2. The first-order valence-corrected chi connectivity index (χ1v) is 8.60. The molecule has 23 heavy (non-hydrogen) atoms. The summed E-state index contributed by atoms with van der Waals surface area (Å²) >= 11 is 3.53. The molecule has 7 heteroatoms. The van der Waals surface area contributed by atoms with Gasteiger partial charge < -0.3 is 9.47 Å². The molecule has 0 aliphatic heterocycles. The molecule has 0 fully saturated rings. The molecule has 1 aromatic heterocycles. The Labute approximate surface area is 150 Å². The molecule has 0 bridgehead atoms. The molecule has 118 valence electrons. The molecule has 0 atom stereocenters. The van der Waals surface area contributed by atoms with Crippen LogP contribution < -0.4 is 14.8 Å². The number of hydrogen-bond donors (Lipinski definition) is 1. The van der Waals surface area contributed by atoms with Crippen LogP contribution in [-0.2, 0) is 0 Å². The van der Waals surface area contributed by atoms with Gasteiger partial charge in [0.05, 0.1) is 30.0 Å². The Bertz CT molecular complexity index is 838. The Morgan fingerprint density at radius 1 is 1.17 bits per heavy atom. The lowest BCUT2D eigenvalue weighted by Gasteiger charge is -2.05. The standard InChI is InChI=1S/C16H13IN2O3S/c1-21-12-7-11-14(8-13(12)22-2)23-16(18-11)19-15(20)9-5-3-4-6-10(9)17/h3-8H,1-2H3,(H,18,19,20). The van der Waals surface area contributed by atoms with E-state index in [1.54, 1.807) is 26.4 Å². The zero-order valence-corrected chi connectivity index (χ0v) is 15.4. The minimum atomic E-state index is -0.173. The van der Waals surface area contributed by atoms with E-state index >= 15 is 0 Å². The van der Waals surface area contributed by atoms with Crippen molar-refractivity contribution >= 4 is 55.2 Å². The van der Waals surface area contributed by atoms with Crippen molar-refractivity contribution in [3.8, 4) is 11.5 Å². The molecule has 0 radical (unpaired) electrons. The lowest BCUT2D eigenvalue weighted by molar-refractivity contribution is 0.102. The molecule has 1 N–H and O–H groups in total. The van der Waals surface area contributed by atoms with Crippen LogP contribution in [-0.4, -0.2) is 25.1 Å². The fraction of sp³-hybridized carbons (Fsp3) is 0.125. The molecule has 0 aliphatic carbocycles. The normalized spacial score (nSPS) is 10.6. The van der Waals surface area contributed by atoms with Gasteiger partial charge >= 0.3 is 0 Å². The average molecular weight is 440 g/mol. The highest BCUT2D eigenvalue weighted by molar-refractivity contribution is 14.1. The number of halogens is 1. The van der Waals surface area contributed by atoms with Crippen molar-refractivity contribution in [3.63, 3.8) is 0 Å². The zero-order valence-electron chi connectivity index (χ0n) is 12.4. The second-order valence-electron chi connectivity index (χ2n) is 4.63. The van der Waals surface area contributed by atoms with Crippen molar-refractivity contribution in [2.24, 2.45) is 0 Å². The van der Waals surface area contributed by atoms with Crippen molar-refractivity contribution < 1.29 is 14.3 Å². The molecule has 0 aliphatic rings. The number of thiazole rings is 1. The molecule has 0 unspecified atom stereocenters. The highest BCUT2D eigenvalue weighted by Gasteiger charge is 2.14. The predicted molar refractivity (Wildman–Crippen MR) is 99.8 cm³/mol. The third-order valence-corrected chi connectivity index (χ3v) is 5.11. The van der Waals surface area contributed by atoms with E-state index in [0.29, 0.717) is 22.2 Å². The summed E-state index contributed by atoms with van der Waals surface area (Å²) in [6.07, 6.45) is 0. The van der Waals surface area contributed by atoms with Crippen molar-refractivity contribution in [3.05, 3.63) is 45.5 Å². The largest absolute Gasteiger partial charge is 0.493 e. The molecular formula is C16H13IN2O3S. The van der Waals surface area contributed by atoms with E-state index in [1.165, 1.54) is 11.3 Å². The van der Waals surface area contributed by atoms with Gasteiger partial charge in [-0.2, -0.15) is 0 Å². The third-order valence-electron chi connectivity index (χ3n) is 3.23. The van der Waals surface area contributed by atoms with Crippen LogP contribution in [0.2, 0.25) is 0 Å². The number of benzene rings is 2. The highest BCUT2D eigenvalue weighted by Crippen LogP contribution is 2.36. The zero-order chi connectivity index (χ0) is 16.4. The minimum absolute atomic E-state index is 0.173. The summed E-state index contributed by atoms with van der Waals surface area (Å²) in [4.78, 5) is 16.8. The number of rotatable bonds is 4. The quantitative estimate of drug-likeness (QED) is 0.619. The van der Waals surface area contributed by atoms with E-state index in [1.807, 2.05) is 24.3 Å². The summed E-state index contributed by atoms with van der Waals surface area (Å²) in [6, 6.07) is 11.1. The molecule has 1 heterocycles. The second kappa shape index (κ2) is 6.71. The van der Waals surface area contributed by atoms with Crippen molar-refractivity contribution in [1.29, 1.82) is 0 Å². The topological polar surface area (TPSA) is 60.5 Å². The molecule has 3 aromatic rings. The van der Waals surface area contributed by atoms with E-state index in [2.05, 4.69) is 32.9 Å². The lowest BCUT2D eigenvalue weighted by Crippen LogP contribution is -2.12. The van der Waals surface area contributed by atoms with E-state index in [4.69, 9.17) is 9.47 Å². The number of carbonyl (C=O) groups excluding carboxylic acids is 1. The molecule has 0 saturated carbocycles. The van der Waals surface area contributed by atoms with Crippen LogP contribution in [0.3, 0.4) is 0 Å². The SMILES string of the molecule is COc1cc2nc(NC(=O)c3ccccc3I)sc2cc1OC. The number of ether oxygens (including phenoxy) is 2. The average Bonchev–Trinajstić information content (AvgIpc) is 2.94. The van der Waals surface area contributed by atoms with E-state index in [9.17, 15) is 4.79 Å². The number of carbonyl (C=O) groups is 1. The number of amides is 1. The Kier molecular flexibility index (Phi) is 4.67. The molecule has 0 spiro atoms. The number of fused-ring (bicyclic) bond motifs is 1. The van der Waals surface area contributed by atoms with Crippen molar-refractivity contribution in [2.45, 2.75) is 0 Å². The number of nitrogens with one attached hydrogen (secondary N) is 1. The van der Waals surface area contributed by atoms with Crippen LogP contribution in [0.4, 0.5) is 5.13 Å². The van der Waals surface area contributed by atoms with Crippen LogP contribution in [0.1, 0.15) is 10.4 Å². The Morgan fingerprint density at radius 2 is 1.87 bits per heavy atom. The first-order valence-electron chi connectivity index (χ1n) is 6.71. The van der Waals surface area contributed by atoms with Crippen LogP contribution in [0.25, 0.3) is 10.2 Å².